The molecule has 0 spiro atoms. The second-order valence-electron chi connectivity index (χ2n) is 5.20. The monoisotopic (exact) mass is 316 g/mol. The van der Waals surface area contributed by atoms with Crippen molar-refractivity contribution in [2.24, 2.45) is 0 Å². The molecular weight excluding hydrogens is 296 g/mol. The van der Waals surface area contributed by atoms with Gasteiger partial charge >= 0.3 is 0 Å². The van der Waals surface area contributed by atoms with Gasteiger partial charge in [0.2, 0.25) is 0 Å². The minimum atomic E-state index is -0.470. The molecule has 0 aliphatic carbocycles. The molecule has 7 heteroatoms. The fraction of sp³-hybridized carbons (Fsp3) is 0.375. The average molecular weight is 316 g/mol. The summed E-state index contributed by atoms with van der Waals surface area (Å²) in [4.78, 5) is 16.2. The summed E-state index contributed by atoms with van der Waals surface area (Å²) >= 11 is 0. The van der Waals surface area contributed by atoms with Gasteiger partial charge in [-0.25, -0.2) is 4.98 Å². The molecule has 7 nitrogen and oxygen atoms in total. The number of rotatable bonds is 6. The predicted molar refractivity (Wildman–Crippen MR) is 85.4 cm³/mol. The maximum atomic E-state index is 12.2. The van der Waals surface area contributed by atoms with Crippen molar-refractivity contribution in [2.45, 2.75) is 12.6 Å². The highest BCUT2D eigenvalue weighted by molar-refractivity contribution is 5.95. The first-order valence-corrected chi connectivity index (χ1v) is 7.64. The van der Waals surface area contributed by atoms with E-state index in [2.05, 4.69) is 15.6 Å². The fourth-order valence-electron chi connectivity index (χ4n) is 2.32. The molecule has 1 aromatic heterocycles. The smallest absolute Gasteiger partial charge is 0.254 e. The maximum absolute atomic E-state index is 12.2. The van der Waals surface area contributed by atoms with Crippen LogP contribution < -0.4 is 15.4 Å². The Hall–Kier alpha value is -2.38. The summed E-state index contributed by atoms with van der Waals surface area (Å²) in [5.74, 6) is 0.479. The Morgan fingerprint density at radius 3 is 3.17 bits per heavy atom. The van der Waals surface area contributed by atoms with E-state index in [4.69, 9.17) is 9.47 Å². The normalized spacial score (nSPS) is 17.7. The van der Waals surface area contributed by atoms with E-state index in [9.17, 15) is 4.79 Å². The SMILES string of the molecule is O=C(Nc1ccccc1OCCn1ccnc1)C1CNCCO1. The second-order valence-corrected chi connectivity index (χ2v) is 5.20. The average Bonchev–Trinajstić information content (AvgIpc) is 3.10. The van der Waals surface area contributed by atoms with Gasteiger partial charge in [0, 0.05) is 25.5 Å². The lowest BCUT2D eigenvalue weighted by Gasteiger charge is -2.23. The highest BCUT2D eigenvalue weighted by Crippen LogP contribution is 2.24. The Labute approximate surface area is 134 Å². The fourth-order valence-corrected chi connectivity index (χ4v) is 2.32. The van der Waals surface area contributed by atoms with Crippen LogP contribution in [-0.4, -0.2) is 47.9 Å². The molecule has 1 aliphatic heterocycles. The quantitative estimate of drug-likeness (QED) is 0.827. The lowest BCUT2D eigenvalue weighted by Crippen LogP contribution is -2.45. The van der Waals surface area contributed by atoms with Crippen molar-refractivity contribution in [3.63, 3.8) is 0 Å². The van der Waals surface area contributed by atoms with Gasteiger partial charge in [0.05, 0.1) is 25.2 Å². The Kier molecular flexibility index (Phi) is 5.23. The van der Waals surface area contributed by atoms with Crippen molar-refractivity contribution >= 4 is 11.6 Å². The number of benzene rings is 1. The van der Waals surface area contributed by atoms with E-state index in [1.54, 1.807) is 12.5 Å². The third-order valence-electron chi connectivity index (χ3n) is 3.53. The number of hydrogen-bond donors (Lipinski definition) is 2. The van der Waals surface area contributed by atoms with Crippen molar-refractivity contribution in [1.29, 1.82) is 0 Å². The molecule has 1 fully saturated rings. The summed E-state index contributed by atoms with van der Waals surface area (Å²) in [5.41, 5.74) is 0.650. The van der Waals surface area contributed by atoms with E-state index >= 15 is 0 Å². The number of morpholine rings is 1. The van der Waals surface area contributed by atoms with Gasteiger partial charge in [-0.15, -0.1) is 0 Å². The number of para-hydroxylation sites is 2. The van der Waals surface area contributed by atoms with Crippen LogP contribution in [0.25, 0.3) is 0 Å². The Morgan fingerprint density at radius 1 is 1.48 bits per heavy atom. The molecule has 0 saturated carbocycles. The van der Waals surface area contributed by atoms with E-state index in [-0.39, 0.29) is 5.91 Å². The van der Waals surface area contributed by atoms with Crippen molar-refractivity contribution in [1.82, 2.24) is 14.9 Å². The molecule has 0 bridgehead atoms. The molecule has 122 valence electrons. The van der Waals surface area contributed by atoms with Crippen molar-refractivity contribution in [3.8, 4) is 5.75 Å². The minimum Gasteiger partial charge on any atom is -0.490 e. The molecule has 1 amide bonds. The number of carbonyl (C=O) groups is 1. The lowest BCUT2D eigenvalue weighted by molar-refractivity contribution is -0.128. The molecule has 2 N–H and O–H groups in total. The first-order chi connectivity index (χ1) is 11.3. The first-order valence-electron chi connectivity index (χ1n) is 7.64. The summed E-state index contributed by atoms with van der Waals surface area (Å²) in [6, 6.07) is 7.39. The van der Waals surface area contributed by atoms with Crippen LogP contribution in [0, 0.1) is 0 Å². The summed E-state index contributed by atoms with van der Waals surface area (Å²) in [7, 11) is 0. The van der Waals surface area contributed by atoms with Gasteiger partial charge in [0.1, 0.15) is 18.5 Å². The molecule has 23 heavy (non-hydrogen) atoms. The van der Waals surface area contributed by atoms with Crippen LogP contribution in [0.4, 0.5) is 5.69 Å². The number of nitrogens with one attached hydrogen (secondary N) is 2. The number of carbonyl (C=O) groups excluding carboxylic acids is 1. The summed E-state index contributed by atoms with van der Waals surface area (Å²) in [6.45, 7) is 3.02. The summed E-state index contributed by atoms with van der Waals surface area (Å²) < 4.78 is 13.2. The number of anilines is 1. The second kappa shape index (κ2) is 7.75. The topological polar surface area (TPSA) is 77.4 Å². The predicted octanol–water partition coefficient (Wildman–Crippen LogP) is 0.889. The molecule has 3 rings (SSSR count). The van der Waals surface area contributed by atoms with E-state index in [0.29, 0.717) is 37.7 Å². The standard InChI is InChI=1S/C16H20N4O3/c21-16(15-11-17-6-9-22-15)19-13-3-1-2-4-14(13)23-10-8-20-7-5-18-12-20/h1-5,7,12,15,17H,6,8-11H2,(H,19,21). The van der Waals surface area contributed by atoms with Gasteiger partial charge in [-0.3, -0.25) is 4.79 Å². The minimum absolute atomic E-state index is 0.164. The number of nitrogens with zero attached hydrogens (tertiary/aromatic N) is 2. The van der Waals surface area contributed by atoms with Crippen molar-refractivity contribution in [3.05, 3.63) is 43.0 Å². The van der Waals surface area contributed by atoms with Crippen LogP contribution in [-0.2, 0) is 16.1 Å². The molecule has 1 saturated heterocycles. The van der Waals surface area contributed by atoms with Crippen LogP contribution in [0.5, 0.6) is 5.75 Å². The van der Waals surface area contributed by atoms with Crippen LogP contribution in [0.1, 0.15) is 0 Å². The zero-order valence-electron chi connectivity index (χ0n) is 12.8. The van der Waals surface area contributed by atoms with Crippen LogP contribution in [0.2, 0.25) is 0 Å². The molecule has 1 aromatic carbocycles. The number of hydrogen-bond acceptors (Lipinski definition) is 5. The largest absolute Gasteiger partial charge is 0.490 e. The number of ether oxygens (including phenoxy) is 2. The highest BCUT2D eigenvalue weighted by Gasteiger charge is 2.22. The molecule has 2 aromatic rings. The van der Waals surface area contributed by atoms with E-state index in [0.717, 1.165) is 6.54 Å². The Bertz CT molecular complexity index is 624. The van der Waals surface area contributed by atoms with Gasteiger partial charge in [-0.1, -0.05) is 12.1 Å². The van der Waals surface area contributed by atoms with Gasteiger partial charge in [-0.2, -0.15) is 0 Å². The summed E-state index contributed by atoms with van der Waals surface area (Å²) in [5, 5.41) is 6.02. The number of imidazole rings is 1. The lowest BCUT2D eigenvalue weighted by atomic mass is 10.2. The van der Waals surface area contributed by atoms with Gasteiger partial charge < -0.3 is 24.7 Å². The first kappa shape index (κ1) is 15.5. The van der Waals surface area contributed by atoms with Crippen LogP contribution in [0.3, 0.4) is 0 Å². The molecule has 1 unspecified atom stereocenters. The number of amides is 1. The van der Waals surface area contributed by atoms with Crippen LogP contribution in [0.15, 0.2) is 43.0 Å². The van der Waals surface area contributed by atoms with E-state index < -0.39 is 6.10 Å². The van der Waals surface area contributed by atoms with Gasteiger partial charge in [0.25, 0.3) is 5.91 Å². The number of aromatic nitrogens is 2. The zero-order chi connectivity index (χ0) is 15.9. The molecule has 1 aliphatic rings. The third-order valence-corrected chi connectivity index (χ3v) is 3.53. The van der Waals surface area contributed by atoms with Gasteiger partial charge in [0.15, 0.2) is 0 Å². The van der Waals surface area contributed by atoms with Gasteiger partial charge in [-0.05, 0) is 12.1 Å². The Balaban J connectivity index is 1.57. The van der Waals surface area contributed by atoms with E-state index in [1.807, 2.05) is 35.0 Å². The Morgan fingerprint density at radius 2 is 2.39 bits per heavy atom. The molecular formula is C16H20N4O3. The maximum Gasteiger partial charge on any atom is 0.254 e. The zero-order valence-corrected chi connectivity index (χ0v) is 12.8. The highest BCUT2D eigenvalue weighted by atomic mass is 16.5. The molecule has 1 atom stereocenters. The van der Waals surface area contributed by atoms with E-state index in [1.165, 1.54) is 0 Å². The van der Waals surface area contributed by atoms with Crippen LogP contribution >= 0.6 is 0 Å². The van der Waals surface area contributed by atoms with Crippen molar-refractivity contribution in [2.75, 3.05) is 31.6 Å². The molecule has 2 heterocycles. The van der Waals surface area contributed by atoms with Crippen molar-refractivity contribution < 1.29 is 14.3 Å². The summed E-state index contributed by atoms with van der Waals surface area (Å²) in [6.07, 6.45) is 4.88. The molecule has 0 radical (unpaired) electrons. The third kappa shape index (κ3) is 4.30.